The van der Waals surface area contributed by atoms with Crippen LogP contribution in [0.4, 0.5) is 0 Å². The summed E-state index contributed by atoms with van der Waals surface area (Å²) in [6.07, 6.45) is 2.18. The quantitative estimate of drug-likeness (QED) is 0.875. The zero-order valence-electron chi connectivity index (χ0n) is 12.8. The fourth-order valence-corrected chi connectivity index (χ4v) is 4.02. The Morgan fingerprint density at radius 1 is 1.48 bits per heavy atom. The molecule has 0 bridgehead atoms. The van der Waals surface area contributed by atoms with Crippen LogP contribution in [0.1, 0.15) is 35.1 Å². The number of aryl methyl sites for hydroxylation is 2. The van der Waals surface area contributed by atoms with E-state index in [1.54, 1.807) is 0 Å². The Morgan fingerprint density at radius 3 is 2.81 bits per heavy atom. The summed E-state index contributed by atoms with van der Waals surface area (Å²) in [5, 5.41) is 5.47. The number of thiophene rings is 1. The van der Waals surface area contributed by atoms with Crippen molar-refractivity contribution in [3.63, 3.8) is 0 Å². The average Bonchev–Trinajstić information content (AvgIpc) is 3.02. The van der Waals surface area contributed by atoms with Gasteiger partial charge in [0.25, 0.3) is 5.91 Å². The Kier molecular flexibility index (Phi) is 3.99. The van der Waals surface area contributed by atoms with Crippen molar-refractivity contribution in [1.29, 1.82) is 0 Å². The van der Waals surface area contributed by atoms with Crippen molar-refractivity contribution >= 4 is 27.5 Å². The van der Waals surface area contributed by atoms with Gasteiger partial charge in [-0.3, -0.25) is 9.48 Å². The van der Waals surface area contributed by atoms with Crippen molar-refractivity contribution in [2.75, 3.05) is 19.7 Å². The number of carbonyl (C=O) groups excluding carboxylic acids is 1. The number of likely N-dealkylation sites (tertiary alicyclic amines) is 1. The number of rotatable bonds is 3. The Labute approximate surface area is 128 Å². The van der Waals surface area contributed by atoms with E-state index in [0.29, 0.717) is 6.10 Å². The molecular formula is C15H21N3O2S. The van der Waals surface area contributed by atoms with Gasteiger partial charge in [-0.2, -0.15) is 5.10 Å². The summed E-state index contributed by atoms with van der Waals surface area (Å²) in [7, 11) is 1.92. The van der Waals surface area contributed by atoms with E-state index in [0.717, 1.165) is 53.3 Å². The summed E-state index contributed by atoms with van der Waals surface area (Å²) in [5.74, 6) is 0.144. The van der Waals surface area contributed by atoms with Crippen LogP contribution in [-0.2, 0) is 11.8 Å². The molecular weight excluding hydrogens is 286 g/mol. The third-order valence-corrected chi connectivity index (χ3v) is 5.23. The molecule has 2 aromatic rings. The number of carbonyl (C=O) groups is 1. The van der Waals surface area contributed by atoms with E-state index in [2.05, 4.69) is 5.10 Å². The number of amides is 1. The van der Waals surface area contributed by atoms with Crippen molar-refractivity contribution in [3.05, 3.63) is 16.6 Å². The van der Waals surface area contributed by atoms with E-state index >= 15 is 0 Å². The summed E-state index contributed by atoms with van der Waals surface area (Å²) >= 11 is 1.54. The summed E-state index contributed by atoms with van der Waals surface area (Å²) in [6.45, 7) is 6.33. The largest absolute Gasteiger partial charge is 0.378 e. The topological polar surface area (TPSA) is 47.4 Å². The number of aromatic nitrogens is 2. The van der Waals surface area contributed by atoms with Crippen LogP contribution in [0.15, 0.2) is 6.07 Å². The number of fused-ring (bicyclic) bond motifs is 1. The lowest BCUT2D eigenvalue weighted by atomic mass is 10.1. The number of ether oxygens (including phenoxy) is 1. The van der Waals surface area contributed by atoms with Crippen LogP contribution in [0, 0.1) is 6.92 Å². The van der Waals surface area contributed by atoms with Gasteiger partial charge < -0.3 is 9.64 Å². The van der Waals surface area contributed by atoms with Gasteiger partial charge in [-0.25, -0.2) is 0 Å². The van der Waals surface area contributed by atoms with Crippen LogP contribution in [-0.4, -0.2) is 46.4 Å². The van der Waals surface area contributed by atoms with Crippen molar-refractivity contribution in [1.82, 2.24) is 14.7 Å². The van der Waals surface area contributed by atoms with Crippen LogP contribution < -0.4 is 0 Å². The Balaban J connectivity index is 1.74. The predicted molar refractivity (Wildman–Crippen MR) is 83.9 cm³/mol. The van der Waals surface area contributed by atoms with Crippen LogP contribution in [0.25, 0.3) is 10.2 Å². The van der Waals surface area contributed by atoms with E-state index in [1.807, 2.05) is 36.5 Å². The monoisotopic (exact) mass is 307 g/mol. The summed E-state index contributed by atoms with van der Waals surface area (Å²) in [5.41, 5.74) is 0.984. The third-order valence-electron chi connectivity index (χ3n) is 4.04. The fraction of sp³-hybridized carbons (Fsp3) is 0.600. The Hall–Kier alpha value is -1.40. The standard InChI is InChI=1S/C15H21N3O2S/c1-4-20-11-5-7-18(8-6-11)14(19)13-9-12-10(2)16-17(3)15(12)21-13/h9,11H,4-8H2,1-3H3. The first-order valence-corrected chi connectivity index (χ1v) is 8.25. The van der Waals surface area contributed by atoms with Crippen molar-refractivity contribution < 1.29 is 9.53 Å². The molecule has 1 aliphatic rings. The molecule has 6 heteroatoms. The molecule has 3 heterocycles. The molecule has 0 spiro atoms. The lowest BCUT2D eigenvalue weighted by molar-refractivity contribution is 0.0147. The molecule has 3 rings (SSSR count). The van der Waals surface area contributed by atoms with Crippen LogP contribution in [0.2, 0.25) is 0 Å². The van der Waals surface area contributed by atoms with Gasteiger partial charge in [0, 0.05) is 32.1 Å². The minimum absolute atomic E-state index is 0.144. The second-order valence-corrected chi connectivity index (χ2v) is 6.52. The highest BCUT2D eigenvalue weighted by Crippen LogP contribution is 2.29. The third kappa shape index (κ3) is 2.70. The number of nitrogens with zero attached hydrogens (tertiary/aromatic N) is 3. The average molecular weight is 307 g/mol. The zero-order chi connectivity index (χ0) is 15.0. The van der Waals surface area contributed by atoms with Crippen molar-refractivity contribution in [2.24, 2.45) is 7.05 Å². The first-order chi connectivity index (χ1) is 10.1. The molecule has 0 aliphatic carbocycles. The predicted octanol–water partition coefficient (Wildman–Crippen LogP) is 2.58. The van der Waals surface area contributed by atoms with Gasteiger partial charge in [0.1, 0.15) is 4.83 Å². The highest BCUT2D eigenvalue weighted by Gasteiger charge is 2.25. The van der Waals surface area contributed by atoms with Gasteiger partial charge in [0.05, 0.1) is 16.7 Å². The lowest BCUT2D eigenvalue weighted by Crippen LogP contribution is -2.40. The maximum absolute atomic E-state index is 12.6. The van der Waals surface area contributed by atoms with E-state index in [9.17, 15) is 4.79 Å². The van der Waals surface area contributed by atoms with E-state index in [1.165, 1.54) is 11.3 Å². The molecule has 0 aromatic carbocycles. The highest BCUT2D eigenvalue weighted by atomic mass is 32.1. The smallest absolute Gasteiger partial charge is 0.264 e. The van der Waals surface area contributed by atoms with Crippen molar-refractivity contribution in [2.45, 2.75) is 32.8 Å². The van der Waals surface area contributed by atoms with Crippen LogP contribution in [0.3, 0.4) is 0 Å². The summed E-state index contributed by atoms with van der Waals surface area (Å²) in [6, 6.07) is 1.99. The summed E-state index contributed by atoms with van der Waals surface area (Å²) in [4.78, 5) is 16.5. The number of piperidine rings is 1. The minimum atomic E-state index is 0.144. The normalized spacial score (nSPS) is 16.8. The fourth-order valence-electron chi connectivity index (χ4n) is 2.93. The first-order valence-electron chi connectivity index (χ1n) is 7.44. The zero-order valence-corrected chi connectivity index (χ0v) is 13.6. The van der Waals surface area contributed by atoms with Gasteiger partial charge in [-0.15, -0.1) is 11.3 Å². The van der Waals surface area contributed by atoms with Crippen molar-refractivity contribution in [3.8, 4) is 0 Å². The molecule has 0 N–H and O–H groups in total. The Morgan fingerprint density at radius 2 is 2.19 bits per heavy atom. The maximum Gasteiger partial charge on any atom is 0.264 e. The number of hydrogen-bond donors (Lipinski definition) is 0. The molecule has 0 atom stereocenters. The van der Waals surface area contributed by atoms with Gasteiger partial charge >= 0.3 is 0 Å². The van der Waals surface area contributed by atoms with Gasteiger partial charge in [-0.05, 0) is 32.8 Å². The van der Waals surface area contributed by atoms with Gasteiger partial charge in [0.15, 0.2) is 0 Å². The van der Waals surface area contributed by atoms with E-state index in [4.69, 9.17) is 4.74 Å². The molecule has 1 fully saturated rings. The Bertz CT molecular complexity index is 619. The highest BCUT2D eigenvalue weighted by molar-refractivity contribution is 7.20. The molecule has 2 aromatic heterocycles. The minimum Gasteiger partial charge on any atom is -0.378 e. The molecule has 1 aliphatic heterocycles. The SMILES string of the molecule is CCOC1CCN(C(=O)c2cc3c(C)nn(C)c3s2)CC1. The lowest BCUT2D eigenvalue weighted by Gasteiger charge is -2.31. The molecule has 114 valence electrons. The number of hydrogen-bond acceptors (Lipinski definition) is 4. The van der Waals surface area contributed by atoms with E-state index in [-0.39, 0.29) is 5.91 Å². The first kappa shape index (κ1) is 14.5. The second-order valence-electron chi connectivity index (χ2n) is 5.49. The molecule has 0 unspecified atom stereocenters. The van der Waals surface area contributed by atoms with E-state index < -0.39 is 0 Å². The molecule has 21 heavy (non-hydrogen) atoms. The molecule has 5 nitrogen and oxygen atoms in total. The van der Waals surface area contributed by atoms with Crippen LogP contribution in [0.5, 0.6) is 0 Å². The van der Waals surface area contributed by atoms with Gasteiger partial charge in [0.2, 0.25) is 0 Å². The molecule has 0 saturated carbocycles. The second kappa shape index (κ2) is 5.77. The molecule has 1 saturated heterocycles. The maximum atomic E-state index is 12.6. The van der Waals surface area contributed by atoms with Crippen LogP contribution >= 0.6 is 11.3 Å². The van der Waals surface area contributed by atoms with Gasteiger partial charge in [-0.1, -0.05) is 0 Å². The summed E-state index contributed by atoms with van der Waals surface area (Å²) < 4.78 is 7.49. The molecule has 1 amide bonds. The molecule has 0 radical (unpaired) electrons.